The second kappa shape index (κ2) is 10.6. The minimum atomic E-state index is -0.535. The van der Waals surface area contributed by atoms with Gasteiger partial charge in [-0.3, -0.25) is 14.4 Å². The fraction of sp³-hybridized carbons (Fsp3) is 0.550. The molecule has 2 amide bonds. The van der Waals surface area contributed by atoms with Crippen molar-refractivity contribution in [3.8, 4) is 0 Å². The monoisotopic (exact) mass is 360 g/mol. The maximum Gasteiger partial charge on any atom is 0.326 e. The van der Waals surface area contributed by atoms with Crippen LogP contribution in [0.4, 0.5) is 0 Å². The third-order valence-electron chi connectivity index (χ3n) is 4.47. The summed E-state index contributed by atoms with van der Waals surface area (Å²) in [5.41, 5.74) is 1.22. The number of hydrogen-bond donors (Lipinski definition) is 1. The van der Waals surface area contributed by atoms with Crippen molar-refractivity contribution < 1.29 is 19.1 Å². The van der Waals surface area contributed by atoms with Gasteiger partial charge in [-0.25, -0.2) is 0 Å². The van der Waals surface area contributed by atoms with Crippen LogP contribution in [0.15, 0.2) is 30.3 Å². The van der Waals surface area contributed by atoms with Crippen LogP contribution in [0.25, 0.3) is 0 Å². The van der Waals surface area contributed by atoms with Crippen molar-refractivity contribution >= 4 is 17.8 Å². The quantitative estimate of drug-likeness (QED) is 0.720. The number of amides is 2. The third kappa shape index (κ3) is 7.25. The number of ether oxygens (including phenoxy) is 1. The number of carbonyl (C=O) groups excluding carboxylic acids is 3. The first-order chi connectivity index (χ1) is 12.5. The summed E-state index contributed by atoms with van der Waals surface area (Å²) >= 11 is 0. The average Bonchev–Trinajstić information content (AvgIpc) is 2.84. The van der Waals surface area contributed by atoms with Crippen molar-refractivity contribution in [1.29, 1.82) is 0 Å². The molecule has 1 N–H and O–H groups in total. The van der Waals surface area contributed by atoms with E-state index in [2.05, 4.69) is 17.4 Å². The molecule has 1 unspecified atom stereocenters. The van der Waals surface area contributed by atoms with Crippen LogP contribution in [0.1, 0.15) is 44.6 Å². The number of rotatable bonds is 8. The van der Waals surface area contributed by atoms with E-state index < -0.39 is 5.97 Å². The molecule has 1 heterocycles. The van der Waals surface area contributed by atoms with E-state index in [1.165, 1.54) is 10.5 Å². The van der Waals surface area contributed by atoms with Crippen LogP contribution in [-0.4, -0.2) is 48.4 Å². The lowest BCUT2D eigenvalue weighted by Gasteiger charge is -2.19. The van der Waals surface area contributed by atoms with Crippen LogP contribution in [0.3, 0.4) is 0 Å². The maximum atomic E-state index is 11.9. The molecule has 0 aliphatic carbocycles. The molecule has 26 heavy (non-hydrogen) atoms. The minimum Gasteiger partial charge on any atom is -0.454 e. The van der Waals surface area contributed by atoms with Crippen molar-refractivity contribution in [2.45, 2.75) is 51.5 Å². The molecular formula is C20H28N2O4. The number of esters is 1. The highest BCUT2D eigenvalue weighted by atomic mass is 16.5. The summed E-state index contributed by atoms with van der Waals surface area (Å²) < 4.78 is 5.01. The molecule has 1 fully saturated rings. The van der Waals surface area contributed by atoms with Crippen molar-refractivity contribution in [3.63, 3.8) is 0 Å². The number of nitrogens with one attached hydrogen (secondary N) is 1. The fourth-order valence-corrected chi connectivity index (χ4v) is 2.97. The van der Waals surface area contributed by atoms with Crippen molar-refractivity contribution in [1.82, 2.24) is 10.2 Å². The highest BCUT2D eigenvalue weighted by Gasteiger charge is 2.20. The van der Waals surface area contributed by atoms with Gasteiger partial charge in [0.15, 0.2) is 6.61 Å². The zero-order valence-corrected chi connectivity index (χ0v) is 15.4. The Morgan fingerprint density at radius 2 is 1.96 bits per heavy atom. The number of hydrogen-bond acceptors (Lipinski definition) is 4. The summed E-state index contributed by atoms with van der Waals surface area (Å²) in [5.74, 6) is -0.869. The van der Waals surface area contributed by atoms with Gasteiger partial charge in [0.2, 0.25) is 5.91 Å². The Balaban J connectivity index is 1.64. The van der Waals surface area contributed by atoms with Gasteiger partial charge in [0.1, 0.15) is 6.54 Å². The molecule has 6 nitrogen and oxygen atoms in total. The van der Waals surface area contributed by atoms with Crippen LogP contribution in [-0.2, 0) is 25.5 Å². The summed E-state index contributed by atoms with van der Waals surface area (Å²) in [5, 5.41) is 2.83. The fourth-order valence-electron chi connectivity index (χ4n) is 2.97. The number of likely N-dealkylation sites (tertiary alicyclic amines) is 1. The number of aryl methyl sites for hydroxylation is 1. The number of benzene rings is 1. The van der Waals surface area contributed by atoms with E-state index in [9.17, 15) is 14.4 Å². The number of carbonyl (C=O) groups is 3. The molecule has 0 bridgehead atoms. The molecule has 1 aromatic rings. The highest BCUT2D eigenvalue weighted by molar-refractivity contribution is 5.84. The van der Waals surface area contributed by atoms with E-state index in [0.29, 0.717) is 13.0 Å². The SMILES string of the molecule is CC(CCc1ccccc1)NC(=O)COC(=O)CN1CCCCCC1=O. The Labute approximate surface area is 154 Å². The summed E-state index contributed by atoms with van der Waals surface area (Å²) in [6.07, 6.45) is 4.93. The summed E-state index contributed by atoms with van der Waals surface area (Å²) in [4.78, 5) is 37.2. The molecule has 0 saturated carbocycles. The van der Waals surface area contributed by atoms with Crippen molar-refractivity contribution in [2.24, 2.45) is 0 Å². The zero-order chi connectivity index (χ0) is 18.8. The van der Waals surface area contributed by atoms with E-state index in [0.717, 1.165) is 32.1 Å². The van der Waals surface area contributed by atoms with Gasteiger partial charge < -0.3 is 15.0 Å². The lowest BCUT2D eigenvalue weighted by atomic mass is 10.1. The Kier molecular flexibility index (Phi) is 8.12. The van der Waals surface area contributed by atoms with Gasteiger partial charge in [0, 0.05) is 19.0 Å². The van der Waals surface area contributed by atoms with Crippen LogP contribution in [0.5, 0.6) is 0 Å². The molecule has 0 spiro atoms. The molecule has 6 heteroatoms. The smallest absolute Gasteiger partial charge is 0.326 e. The Hall–Kier alpha value is -2.37. The first kappa shape index (κ1) is 19.9. The zero-order valence-electron chi connectivity index (χ0n) is 15.4. The molecule has 1 aromatic carbocycles. The summed E-state index contributed by atoms with van der Waals surface area (Å²) in [6.45, 7) is 2.13. The lowest BCUT2D eigenvalue weighted by molar-refractivity contribution is -0.152. The van der Waals surface area contributed by atoms with Gasteiger partial charge in [0.05, 0.1) is 0 Å². The van der Waals surface area contributed by atoms with Gasteiger partial charge in [-0.05, 0) is 38.2 Å². The molecule has 1 aliphatic rings. The predicted octanol–water partition coefficient (Wildman–Crippen LogP) is 2.07. The molecular weight excluding hydrogens is 332 g/mol. The molecule has 1 atom stereocenters. The van der Waals surface area contributed by atoms with Crippen molar-refractivity contribution in [2.75, 3.05) is 19.7 Å². The summed E-state index contributed by atoms with van der Waals surface area (Å²) in [7, 11) is 0. The molecule has 1 aliphatic heterocycles. The average molecular weight is 360 g/mol. The standard InChI is InChI=1S/C20H28N2O4/c1-16(11-12-17-8-4-2-5-9-17)21-18(23)15-26-20(25)14-22-13-7-3-6-10-19(22)24/h2,4-5,8-9,16H,3,6-7,10-15H2,1H3,(H,21,23). The van der Waals surface area contributed by atoms with Crippen molar-refractivity contribution in [3.05, 3.63) is 35.9 Å². The lowest BCUT2D eigenvalue weighted by Crippen LogP contribution is -2.39. The number of nitrogens with zero attached hydrogens (tertiary/aromatic N) is 1. The van der Waals surface area contributed by atoms with Gasteiger partial charge >= 0.3 is 5.97 Å². The van der Waals surface area contributed by atoms with Crippen LogP contribution < -0.4 is 5.32 Å². The van der Waals surface area contributed by atoms with E-state index in [1.807, 2.05) is 25.1 Å². The topological polar surface area (TPSA) is 75.7 Å². The Bertz CT molecular complexity index is 603. The van der Waals surface area contributed by atoms with Crippen LogP contribution in [0, 0.1) is 0 Å². The third-order valence-corrected chi connectivity index (χ3v) is 4.47. The molecule has 0 radical (unpaired) electrons. The van der Waals surface area contributed by atoms with E-state index in [-0.39, 0.29) is 31.0 Å². The minimum absolute atomic E-state index is 0.00593. The molecule has 2 rings (SSSR count). The molecule has 0 aromatic heterocycles. The largest absolute Gasteiger partial charge is 0.454 e. The second-order valence-corrected chi connectivity index (χ2v) is 6.78. The van der Waals surface area contributed by atoms with E-state index in [4.69, 9.17) is 4.74 Å². The first-order valence-corrected chi connectivity index (χ1v) is 9.31. The molecule has 1 saturated heterocycles. The van der Waals surface area contributed by atoms with Gasteiger partial charge in [-0.1, -0.05) is 36.8 Å². The van der Waals surface area contributed by atoms with Crippen LogP contribution >= 0.6 is 0 Å². The second-order valence-electron chi connectivity index (χ2n) is 6.78. The summed E-state index contributed by atoms with van der Waals surface area (Å²) in [6, 6.07) is 10.1. The van der Waals surface area contributed by atoms with Gasteiger partial charge in [-0.2, -0.15) is 0 Å². The molecule has 142 valence electrons. The van der Waals surface area contributed by atoms with E-state index >= 15 is 0 Å². The normalized spacial score (nSPS) is 15.9. The van der Waals surface area contributed by atoms with E-state index in [1.54, 1.807) is 0 Å². The Morgan fingerprint density at radius 3 is 2.73 bits per heavy atom. The van der Waals surface area contributed by atoms with Gasteiger partial charge in [-0.15, -0.1) is 0 Å². The maximum absolute atomic E-state index is 11.9. The predicted molar refractivity (Wildman–Crippen MR) is 98.4 cm³/mol. The Morgan fingerprint density at radius 1 is 1.19 bits per heavy atom. The van der Waals surface area contributed by atoms with Gasteiger partial charge in [0.25, 0.3) is 5.91 Å². The van der Waals surface area contributed by atoms with Crippen LogP contribution in [0.2, 0.25) is 0 Å². The highest BCUT2D eigenvalue weighted by Crippen LogP contribution is 2.11. The first-order valence-electron chi connectivity index (χ1n) is 9.31.